The van der Waals surface area contributed by atoms with Crippen LogP contribution in [0.25, 0.3) is 0 Å². The molecule has 0 radical (unpaired) electrons. The van der Waals surface area contributed by atoms with Gasteiger partial charge in [0.25, 0.3) is 0 Å². The van der Waals surface area contributed by atoms with Crippen molar-refractivity contribution in [1.82, 2.24) is 25.2 Å². The van der Waals surface area contributed by atoms with Crippen LogP contribution < -0.4 is 0 Å². The van der Waals surface area contributed by atoms with Crippen LogP contribution in [0, 0.1) is 0 Å². The zero-order valence-corrected chi connectivity index (χ0v) is 8.55. The summed E-state index contributed by atoms with van der Waals surface area (Å²) in [5, 5.41) is 14.4. The van der Waals surface area contributed by atoms with Crippen LogP contribution in [0.1, 0.15) is 6.92 Å². The third-order valence-electron chi connectivity index (χ3n) is 1.31. The molecule has 7 heteroatoms. The van der Waals surface area contributed by atoms with Gasteiger partial charge in [0.2, 0.25) is 5.16 Å². The first-order chi connectivity index (χ1) is 6.38. The van der Waals surface area contributed by atoms with Crippen molar-refractivity contribution in [2.45, 2.75) is 23.0 Å². The number of nitrogens with zero attached hydrogens (tertiary/aromatic N) is 5. The van der Waals surface area contributed by atoms with Gasteiger partial charge in [-0.15, -0.1) is 21.5 Å². The van der Waals surface area contributed by atoms with Crippen LogP contribution >= 0.6 is 23.1 Å². The molecule has 0 aromatic carbocycles. The molecule has 13 heavy (non-hydrogen) atoms. The zero-order valence-electron chi connectivity index (χ0n) is 6.91. The fourth-order valence-corrected chi connectivity index (χ4v) is 2.17. The molecule has 0 saturated heterocycles. The summed E-state index contributed by atoms with van der Waals surface area (Å²) >= 11 is 3.00. The summed E-state index contributed by atoms with van der Waals surface area (Å²) in [4.78, 5) is 5.66. The highest BCUT2D eigenvalue weighted by molar-refractivity contribution is 8.00. The van der Waals surface area contributed by atoms with Gasteiger partial charge in [-0.2, -0.15) is 4.80 Å². The first-order valence-electron chi connectivity index (χ1n) is 3.73. The second-order valence-corrected chi connectivity index (χ2v) is 4.27. The van der Waals surface area contributed by atoms with Crippen molar-refractivity contribution in [3.05, 3.63) is 11.6 Å². The van der Waals surface area contributed by atoms with Gasteiger partial charge in [-0.3, -0.25) is 0 Å². The molecular formula is C6H7N5S2. The molecule has 2 rings (SSSR count). The van der Waals surface area contributed by atoms with Crippen molar-refractivity contribution in [3.8, 4) is 0 Å². The van der Waals surface area contributed by atoms with Crippen molar-refractivity contribution < 1.29 is 0 Å². The highest BCUT2D eigenvalue weighted by Crippen LogP contribution is 2.25. The molecule has 0 bridgehead atoms. The molecule has 0 amide bonds. The standard InChI is InChI=1S/C6H7N5S2/c1-2-11-9-5(8-10-11)13-6-7-3-4-12-6/h3-4H,2H2,1H3. The predicted molar refractivity (Wildman–Crippen MR) is 49.7 cm³/mol. The largest absolute Gasteiger partial charge is 0.238 e. The number of aryl methyl sites for hydroxylation is 1. The molecule has 68 valence electrons. The van der Waals surface area contributed by atoms with Gasteiger partial charge in [-0.1, -0.05) is 0 Å². The zero-order chi connectivity index (χ0) is 9.10. The van der Waals surface area contributed by atoms with Crippen LogP contribution in [-0.4, -0.2) is 25.2 Å². The lowest BCUT2D eigenvalue weighted by atomic mass is 10.8. The highest BCUT2D eigenvalue weighted by Gasteiger charge is 2.05. The van der Waals surface area contributed by atoms with Crippen LogP contribution in [0.3, 0.4) is 0 Å². The van der Waals surface area contributed by atoms with Gasteiger partial charge < -0.3 is 0 Å². The Morgan fingerprint density at radius 1 is 1.62 bits per heavy atom. The van der Waals surface area contributed by atoms with Gasteiger partial charge in [-0.05, 0) is 23.9 Å². The van der Waals surface area contributed by atoms with Crippen LogP contribution in [-0.2, 0) is 6.54 Å². The Kier molecular flexibility index (Phi) is 2.55. The summed E-state index contributed by atoms with van der Waals surface area (Å²) in [7, 11) is 0. The van der Waals surface area contributed by atoms with Crippen molar-refractivity contribution >= 4 is 23.1 Å². The van der Waals surface area contributed by atoms with Crippen LogP contribution in [0.5, 0.6) is 0 Å². The molecule has 2 aromatic rings. The SMILES string of the molecule is CCn1nnc(Sc2nccs2)n1. The Morgan fingerprint density at radius 2 is 2.54 bits per heavy atom. The molecule has 2 aromatic heterocycles. The monoisotopic (exact) mass is 213 g/mol. The first-order valence-corrected chi connectivity index (χ1v) is 5.43. The van der Waals surface area contributed by atoms with E-state index in [2.05, 4.69) is 20.4 Å². The maximum atomic E-state index is 4.13. The molecule has 0 atom stereocenters. The molecular weight excluding hydrogens is 206 g/mol. The number of thiazole rings is 1. The Morgan fingerprint density at radius 3 is 3.15 bits per heavy atom. The Labute approximate surface area is 83.2 Å². The summed E-state index contributed by atoms with van der Waals surface area (Å²) in [6, 6.07) is 0. The average molecular weight is 213 g/mol. The number of tetrazole rings is 1. The summed E-state index contributed by atoms with van der Waals surface area (Å²) in [5.41, 5.74) is 0. The van der Waals surface area contributed by atoms with Crippen LogP contribution in [0.15, 0.2) is 21.1 Å². The highest BCUT2D eigenvalue weighted by atomic mass is 32.2. The second-order valence-electron chi connectivity index (χ2n) is 2.16. The van der Waals surface area contributed by atoms with E-state index < -0.39 is 0 Å². The molecule has 0 aliphatic carbocycles. The molecule has 0 spiro atoms. The minimum absolute atomic E-state index is 0.650. The van der Waals surface area contributed by atoms with E-state index in [9.17, 15) is 0 Å². The van der Waals surface area contributed by atoms with Gasteiger partial charge in [0.15, 0.2) is 4.34 Å². The number of hydrogen-bond donors (Lipinski definition) is 0. The first kappa shape index (κ1) is 8.64. The lowest BCUT2D eigenvalue weighted by Crippen LogP contribution is -1.98. The Balaban J connectivity index is 2.10. The topological polar surface area (TPSA) is 56.5 Å². The molecule has 0 unspecified atom stereocenters. The lowest BCUT2D eigenvalue weighted by molar-refractivity contribution is 0.549. The van der Waals surface area contributed by atoms with Gasteiger partial charge in [0.1, 0.15) is 0 Å². The van der Waals surface area contributed by atoms with E-state index in [1.807, 2.05) is 12.3 Å². The van der Waals surface area contributed by atoms with Crippen molar-refractivity contribution in [2.24, 2.45) is 0 Å². The number of rotatable bonds is 3. The van der Waals surface area contributed by atoms with Crippen molar-refractivity contribution in [3.63, 3.8) is 0 Å². The summed E-state index contributed by atoms with van der Waals surface area (Å²) in [6.45, 7) is 2.71. The van der Waals surface area contributed by atoms with Gasteiger partial charge in [-0.25, -0.2) is 4.98 Å². The fraction of sp³-hybridized carbons (Fsp3) is 0.333. The van der Waals surface area contributed by atoms with E-state index in [1.54, 1.807) is 22.3 Å². The summed E-state index contributed by atoms with van der Waals surface area (Å²) in [5.74, 6) is 0. The molecule has 5 nitrogen and oxygen atoms in total. The Bertz CT molecular complexity index is 368. The third kappa shape index (κ3) is 2.04. The van der Waals surface area contributed by atoms with E-state index in [0.717, 1.165) is 10.9 Å². The number of aromatic nitrogens is 5. The molecule has 0 aliphatic heterocycles. The maximum Gasteiger partial charge on any atom is 0.238 e. The summed E-state index contributed by atoms with van der Waals surface area (Å²) in [6.07, 6.45) is 1.76. The third-order valence-corrected chi connectivity index (χ3v) is 3.04. The molecule has 0 aliphatic rings. The quantitative estimate of drug-likeness (QED) is 0.769. The normalized spacial score (nSPS) is 10.5. The summed E-state index contributed by atoms with van der Waals surface area (Å²) < 4.78 is 0.940. The van der Waals surface area contributed by atoms with E-state index in [4.69, 9.17) is 0 Å². The molecule has 0 fully saturated rings. The fourth-order valence-electron chi connectivity index (χ4n) is 0.742. The Hall–Kier alpha value is -0.950. The minimum atomic E-state index is 0.650. The lowest BCUT2D eigenvalue weighted by Gasteiger charge is -1.87. The van der Waals surface area contributed by atoms with Crippen LogP contribution in [0.2, 0.25) is 0 Å². The second kappa shape index (κ2) is 3.84. The minimum Gasteiger partial charge on any atom is -0.238 e. The van der Waals surface area contributed by atoms with Crippen molar-refractivity contribution in [1.29, 1.82) is 0 Å². The van der Waals surface area contributed by atoms with Gasteiger partial charge in [0, 0.05) is 11.6 Å². The van der Waals surface area contributed by atoms with E-state index in [-0.39, 0.29) is 0 Å². The molecule has 0 saturated carbocycles. The van der Waals surface area contributed by atoms with Crippen LogP contribution in [0.4, 0.5) is 0 Å². The average Bonchev–Trinajstić information content (AvgIpc) is 2.76. The van der Waals surface area contributed by atoms with Gasteiger partial charge >= 0.3 is 0 Å². The number of hydrogen-bond acceptors (Lipinski definition) is 6. The van der Waals surface area contributed by atoms with E-state index >= 15 is 0 Å². The smallest absolute Gasteiger partial charge is 0.238 e. The van der Waals surface area contributed by atoms with E-state index in [0.29, 0.717) is 5.16 Å². The molecule has 2 heterocycles. The maximum absolute atomic E-state index is 4.13. The molecule has 0 N–H and O–H groups in total. The van der Waals surface area contributed by atoms with E-state index in [1.165, 1.54) is 11.8 Å². The van der Waals surface area contributed by atoms with Gasteiger partial charge in [0.05, 0.1) is 6.54 Å². The predicted octanol–water partition coefficient (Wildman–Crippen LogP) is 1.30. The van der Waals surface area contributed by atoms with Crippen molar-refractivity contribution in [2.75, 3.05) is 0 Å².